The Kier molecular flexibility index (Phi) is 5.03. The van der Waals surface area contributed by atoms with Crippen LogP contribution in [-0.4, -0.2) is 12.5 Å². The summed E-state index contributed by atoms with van der Waals surface area (Å²) in [5.74, 6) is 1.03. The molecule has 3 heteroatoms. The van der Waals surface area contributed by atoms with E-state index in [-0.39, 0.29) is 12.5 Å². The van der Waals surface area contributed by atoms with E-state index >= 15 is 0 Å². The van der Waals surface area contributed by atoms with Crippen molar-refractivity contribution in [2.24, 2.45) is 0 Å². The third kappa shape index (κ3) is 4.18. The topological polar surface area (TPSA) is 38.3 Å². The number of anilines is 1. The van der Waals surface area contributed by atoms with Gasteiger partial charge in [0.2, 0.25) is 0 Å². The number of nitrogens with one attached hydrogen (secondary N) is 1. The van der Waals surface area contributed by atoms with Gasteiger partial charge in [-0.15, -0.1) is 0 Å². The number of ether oxygens (including phenoxy) is 1. The van der Waals surface area contributed by atoms with Crippen molar-refractivity contribution in [3.63, 3.8) is 0 Å². The number of carbonyl (C=O) groups is 1. The predicted molar refractivity (Wildman–Crippen MR) is 103 cm³/mol. The maximum Gasteiger partial charge on any atom is 0.262 e. The number of amides is 1. The third-order valence-corrected chi connectivity index (χ3v) is 4.27. The van der Waals surface area contributed by atoms with Crippen molar-refractivity contribution >= 4 is 22.4 Å². The molecule has 0 aliphatic rings. The van der Waals surface area contributed by atoms with Gasteiger partial charge in [-0.05, 0) is 52.9 Å². The van der Waals surface area contributed by atoms with Crippen LogP contribution < -0.4 is 10.1 Å². The van der Waals surface area contributed by atoms with Gasteiger partial charge in [0.05, 0.1) is 0 Å². The normalized spacial score (nSPS) is 10.9. The Bertz CT molecular complexity index is 899. The van der Waals surface area contributed by atoms with Crippen molar-refractivity contribution in [1.82, 2.24) is 0 Å². The number of hydrogen-bond donors (Lipinski definition) is 1. The second-order valence-corrected chi connectivity index (χ2v) is 6.58. The lowest BCUT2D eigenvalue weighted by Gasteiger charge is -2.13. The van der Waals surface area contributed by atoms with Crippen LogP contribution in [0.5, 0.6) is 5.75 Å². The Morgan fingerprint density at radius 1 is 1.00 bits per heavy atom. The maximum absolute atomic E-state index is 12.2. The van der Waals surface area contributed by atoms with E-state index in [0.29, 0.717) is 5.92 Å². The van der Waals surface area contributed by atoms with E-state index in [1.165, 1.54) is 5.56 Å². The molecule has 25 heavy (non-hydrogen) atoms. The van der Waals surface area contributed by atoms with Crippen molar-refractivity contribution in [1.29, 1.82) is 0 Å². The van der Waals surface area contributed by atoms with Crippen LogP contribution in [0.2, 0.25) is 0 Å². The Morgan fingerprint density at radius 2 is 1.76 bits per heavy atom. The summed E-state index contributed by atoms with van der Waals surface area (Å²) in [7, 11) is 0. The quantitative estimate of drug-likeness (QED) is 0.689. The van der Waals surface area contributed by atoms with Gasteiger partial charge in [0.1, 0.15) is 5.75 Å². The summed E-state index contributed by atoms with van der Waals surface area (Å²) in [5.41, 5.74) is 3.01. The minimum atomic E-state index is -0.162. The summed E-state index contributed by atoms with van der Waals surface area (Å²) in [6.07, 6.45) is 0. The van der Waals surface area contributed by atoms with Gasteiger partial charge < -0.3 is 10.1 Å². The highest BCUT2D eigenvalue weighted by Gasteiger charge is 2.08. The zero-order valence-corrected chi connectivity index (χ0v) is 14.9. The van der Waals surface area contributed by atoms with Crippen LogP contribution in [0.3, 0.4) is 0 Å². The molecule has 3 rings (SSSR count). The summed E-state index contributed by atoms with van der Waals surface area (Å²) in [6, 6.07) is 20.1. The van der Waals surface area contributed by atoms with Crippen LogP contribution in [0, 0.1) is 6.92 Å². The number of hydrogen-bond acceptors (Lipinski definition) is 2. The first-order valence-corrected chi connectivity index (χ1v) is 8.55. The summed E-state index contributed by atoms with van der Waals surface area (Å²) in [4.78, 5) is 12.2. The monoisotopic (exact) mass is 333 g/mol. The summed E-state index contributed by atoms with van der Waals surface area (Å²) in [5, 5.41) is 5.15. The molecule has 0 saturated carbocycles. The van der Waals surface area contributed by atoms with E-state index in [0.717, 1.165) is 27.8 Å². The lowest BCUT2D eigenvalue weighted by molar-refractivity contribution is -0.118. The third-order valence-electron chi connectivity index (χ3n) is 4.27. The highest BCUT2D eigenvalue weighted by atomic mass is 16.5. The molecule has 0 heterocycles. The van der Waals surface area contributed by atoms with Gasteiger partial charge in [-0.25, -0.2) is 0 Å². The molecule has 1 amide bonds. The minimum Gasteiger partial charge on any atom is -0.483 e. The number of carbonyl (C=O) groups excluding carboxylic acids is 1. The largest absolute Gasteiger partial charge is 0.483 e. The van der Waals surface area contributed by atoms with E-state index < -0.39 is 0 Å². The number of aryl methyl sites for hydroxylation is 1. The highest BCUT2D eigenvalue weighted by molar-refractivity contribution is 5.95. The fourth-order valence-electron chi connectivity index (χ4n) is 2.74. The summed E-state index contributed by atoms with van der Waals surface area (Å²) in [6.45, 7) is 6.26. The molecule has 3 aromatic rings. The standard InChI is InChI=1S/C22H23NO2/c1-15(2)18-9-8-16(3)21(13-18)25-14-22(24)23-20-11-10-17-6-4-5-7-19(17)12-20/h4-13,15H,14H2,1-3H3,(H,23,24). The maximum atomic E-state index is 12.2. The number of rotatable bonds is 5. The second-order valence-electron chi connectivity index (χ2n) is 6.58. The van der Waals surface area contributed by atoms with E-state index in [1.54, 1.807) is 0 Å². The highest BCUT2D eigenvalue weighted by Crippen LogP contribution is 2.24. The molecular formula is C22H23NO2. The Labute approximate surface area is 148 Å². The van der Waals surface area contributed by atoms with Crippen LogP contribution in [0.15, 0.2) is 60.7 Å². The van der Waals surface area contributed by atoms with E-state index in [1.807, 2.05) is 55.5 Å². The van der Waals surface area contributed by atoms with Gasteiger partial charge in [-0.2, -0.15) is 0 Å². The second kappa shape index (κ2) is 7.39. The molecule has 0 spiro atoms. The zero-order chi connectivity index (χ0) is 17.8. The van der Waals surface area contributed by atoms with Crippen molar-refractivity contribution < 1.29 is 9.53 Å². The molecule has 0 aromatic heterocycles. The van der Waals surface area contributed by atoms with Crippen molar-refractivity contribution in [3.05, 3.63) is 71.8 Å². The molecule has 0 bridgehead atoms. The SMILES string of the molecule is Cc1ccc(C(C)C)cc1OCC(=O)Nc1ccc2ccccc2c1. The van der Waals surface area contributed by atoms with Crippen LogP contribution in [-0.2, 0) is 4.79 Å². The first-order valence-electron chi connectivity index (χ1n) is 8.55. The smallest absolute Gasteiger partial charge is 0.262 e. The minimum absolute atomic E-state index is 0.00475. The van der Waals surface area contributed by atoms with Crippen molar-refractivity contribution in [2.75, 3.05) is 11.9 Å². The van der Waals surface area contributed by atoms with Crippen LogP contribution in [0.25, 0.3) is 10.8 Å². The average molecular weight is 333 g/mol. The molecule has 0 saturated heterocycles. The molecule has 3 aromatic carbocycles. The van der Waals surface area contributed by atoms with Gasteiger partial charge in [-0.3, -0.25) is 4.79 Å². The molecule has 0 aliphatic heterocycles. The molecule has 0 aliphatic carbocycles. The fraction of sp³-hybridized carbons (Fsp3) is 0.227. The Hall–Kier alpha value is -2.81. The lowest BCUT2D eigenvalue weighted by atomic mass is 10.0. The zero-order valence-electron chi connectivity index (χ0n) is 14.9. The van der Waals surface area contributed by atoms with E-state index in [9.17, 15) is 4.79 Å². The van der Waals surface area contributed by atoms with Gasteiger partial charge in [0, 0.05) is 5.69 Å². The lowest BCUT2D eigenvalue weighted by Crippen LogP contribution is -2.20. The molecule has 128 valence electrons. The predicted octanol–water partition coefficient (Wildman–Crippen LogP) is 5.29. The molecule has 0 fully saturated rings. The van der Waals surface area contributed by atoms with E-state index in [2.05, 4.69) is 31.3 Å². The fourth-order valence-corrected chi connectivity index (χ4v) is 2.74. The summed E-state index contributed by atoms with van der Waals surface area (Å²) < 4.78 is 5.74. The molecular weight excluding hydrogens is 310 g/mol. The summed E-state index contributed by atoms with van der Waals surface area (Å²) >= 11 is 0. The Balaban J connectivity index is 1.65. The first kappa shape index (κ1) is 17.0. The first-order chi connectivity index (χ1) is 12.0. The van der Waals surface area contributed by atoms with E-state index in [4.69, 9.17) is 4.74 Å². The van der Waals surface area contributed by atoms with Gasteiger partial charge >= 0.3 is 0 Å². The van der Waals surface area contributed by atoms with Crippen LogP contribution >= 0.6 is 0 Å². The average Bonchev–Trinajstić information content (AvgIpc) is 2.60. The molecule has 0 radical (unpaired) electrons. The molecule has 1 N–H and O–H groups in total. The van der Waals surface area contributed by atoms with Crippen LogP contribution in [0.1, 0.15) is 30.9 Å². The van der Waals surface area contributed by atoms with Gasteiger partial charge in [0.25, 0.3) is 5.91 Å². The molecule has 3 nitrogen and oxygen atoms in total. The molecule has 0 atom stereocenters. The number of benzene rings is 3. The van der Waals surface area contributed by atoms with Crippen molar-refractivity contribution in [2.45, 2.75) is 26.7 Å². The number of fused-ring (bicyclic) bond motifs is 1. The van der Waals surface area contributed by atoms with Crippen LogP contribution in [0.4, 0.5) is 5.69 Å². The molecule has 0 unspecified atom stereocenters. The van der Waals surface area contributed by atoms with Crippen molar-refractivity contribution in [3.8, 4) is 5.75 Å². The van der Waals surface area contributed by atoms with Gasteiger partial charge in [0.15, 0.2) is 6.61 Å². The Morgan fingerprint density at radius 3 is 2.52 bits per heavy atom. The van der Waals surface area contributed by atoms with Gasteiger partial charge in [-0.1, -0.05) is 56.3 Å².